The van der Waals surface area contributed by atoms with Crippen molar-refractivity contribution in [3.63, 3.8) is 0 Å². The highest BCUT2D eigenvalue weighted by molar-refractivity contribution is 6.36. The SMILES string of the molecule is COc1cc(OC)c2c(c1Cl)O[C@@]1(C(=O)C=C(NCCc3nc(C4CCCC4)no3)C[C@H]1C)C2=O. The van der Waals surface area contributed by atoms with Crippen molar-refractivity contribution in [2.45, 2.75) is 57.0 Å². The number of benzene rings is 1. The Morgan fingerprint density at radius 1 is 1.20 bits per heavy atom. The molecule has 1 spiro atoms. The molecule has 2 atom stereocenters. The lowest BCUT2D eigenvalue weighted by Gasteiger charge is -2.35. The molecule has 2 heterocycles. The van der Waals surface area contributed by atoms with Gasteiger partial charge in [-0.1, -0.05) is 36.5 Å². The van der Waals surface area contributed by atoms with Crippen molar-refractivity contribution in [2.24, 2.45) is 5.92 Å². The van der Waals surface area contributed by atoms with E-state index in [1.165, 1.54) is 39.2 Å². The van der Waals surface area contributed by atoms with Gasteiger partial charge in [-0.3, -0.25) is 9.59 Å². The van der Waals surface area contributed by atoms with Crippen LogP contribution in [-0.2, 0) is 11.2 Å². The first-order valence-electron chi connectivity index (χ1n) is 11.9. The molecule has 3 aliphatic rings. The van der Waals surface area contributed by atoms with Crippen LogP contribution in [0.15, 0.2) is 22.4 Å². The molecule has 5 rings (SSSR count). The van der Waals surface area contributed by atoms with Gasteiger partial charge in [-0.15, -0.1) is 0 Å². The third-order valence-electron chi connectivity index (χ3n) is 7.21. The molecular weight excluding hydrogens is 474 g/mol. The Morgan fingerprint density at radius 3 is 2.63 bits per heavy atom. The van der Waals surface area contributed by atoms with E-state index in [0.29, 0.717) is 36.9 Å². The van der Waals surface area contributed by atoms with Gasteiger partial charge in [0.1, 0.15) is 22.1 Å². The Bertz CT molecular complexity index is 1200. The van der Waals surface area contributed by atoms with Crippen LogP contribution in [0.4, 0.5) is 0 Å². The molecule has 0 bridgehead atoms. The van der Waals surface area contributed by atoms with E-state index in [-0.39, 0.29) is 22.1 Å². The van der Waals surface area contributed by atoms with Crippen molar-refractivity contribution in [2.75, 3.05) is 20.8 Å². The summed E-state index contributed by atoms with van der Waals surface area (Å²) in [7, 11) is 2.90. The second-order valence-corrected chi connectivity index (χ2v) is 9.69. The van der Waals surface area contributed by atoms with Crippen LogP contribution in [-0.4, -0.2) is 48.1 Å². The summed E-state index contributed by atoms with van der Waals surface area (Å²) in [6.07, 6.45) is 7.07. The standard InChI is InChI=1S/C25H28ClN3O6/c1-13-10-15(27-9-8-19-28-24(29-35-19)14-6-4-5-7-14)11-18(30)25(13)23(31)20-16(32-2)12-17(33-3)21(26)22(20)34-25/h11-14,27H,4-10H2,1-3H3/t13-,25+/m1/s1. The predicted octanol–water partition coefficient (Wildman–Crippen LogP) is 4.04. The van der Waals surface area contributed by atoms with Crippen molar-refractivity contribution >= 4 is 23.2 Å². The van der Waals surface area contributed by atoms with Crippen LogP contribution < -0.4 is 19.5 Å². The number of rotatable bonds is 7. The number of carbonyl (C=O) groups is 2. The molecule has 2 aromatic rings. The number of nitrogens with zero attached hydrogens (tertiary/aromatic N) is 2. The lowest BCUT2D eigenvalue weighted by Crippen LogP contribution is -2.55. The summed E-state index contributed by atoms with van der Waals surface area (Å²) in [5.41, 5.74) is -0.788. The number of fused-ring (bicyclic) bond motifs is 1. The minimum Gasteiger partial charge on any atom is -0.496 e. The fraction of sp³-hybridized carbons (Fsp3) is 0.520. The average Bonchev–Trinajstić information content (AvgIpc) is 3.59. The minimum atomic E-state index is -1.68. The molecular formula is C25H28ClN3O6. The molecule has 9 nitrogen and oxygen atoms in total. The third kappa shape index (κ3) is 3.86. The molecule has 1 saturated carbocycles. The number of carbonyl (C=O) groups excluding carboxylic acids is 2. The zero-order valence-electron chi connectivity index (χ0n) is 20.0. The highest BCUT2D eigenvalue weighted by Crippen LogP contribution is 2.52. The second-order valence-electron chi connectivity index (χ2n) is 9.31. The number of methoxy groups -OCH3 is 2. The van der Waals surface area contributed by atoms with E-state index in [9.17, 15) is 9.59 Å². The molecule has 0 amide bonds. The Kier molecular flexibility index (Phi) is 6.21. The Morgan fingerprint density at radius 2 is 1.94 bits per heavy atom. The summed E-state index contributed by atoms with van der Waals surface area (Å²) in [5, 5.41) is 7.55. The largest absolute Gasteiger partial charge is 0.496 e. The molecule has 0 saturated heterocycles. The van der Waals surface area contributed by atoms with Crippen molar-refractivity contribution in [1.29, 1.82) is 0 Å². The summed E-state index contributed by atoms with van der Waals surface area (Å²) in [6.45, 7) is 2.34. The zero-order valence-corrected chi connectivity index (χ0v) is 20.7. The van der Waals surface area contributed by atoms with Gasteiger partial charge in [0.2, 0.25) is 23.1 Å². The number of hydrogen-bond acceptors (Lipinski definition) is 9. The van der Waals surface area contributed by atoms with E-state index in [2.05, 4.69) is 15.5 Å². The van der Waals surface area contributed by atoms with E-state index in [0.717, 1.165) is 24.4 Å². The van der Waals surface area contributed by atoms with Crippen LogP contribution in [0.25, 0.3) is 0 Å². The summed E-state index contributed by atoms with van der Waals surface area (Å²) in [6, 6.07) is 1.53. The van der Waals surface area contributed by atoms with Crippen LogP contribution in [0, 0.1) is 5.92 Å². The maximum Gasteiger partial charge on any atom is 0.236 e. The Labute approximate surface area is 208 Å². The molecule has 1 N–H and O–H groups in total. The average molecular weight is 502 g/mol. The second kappa shape index (κ2) is 9.18. The topological polar surface area (TPSA) is 113 Å². The normalized spacial score (nSPS) is 23.9. The smallest absolute Gasteiger partial charge is 0.236 e. The van der Waals surface area contributed by atoms with E-state index in [4.69, 9.17) is 30.3 Å². The summed E-state index contributed by atoms with van der Waals surface area (Å²) >= 11 is 6.43. The highest BCUT2D eigenvalue weighted by atomic mass is 35.5. The van der Waals surface area contributed by atoms with E-state index in [1.807, 2.05) is 6.92 Å². The fourth-order valence-corrected chi connectivity index (χ4v) is 5.57. The van der Waals surface area contributed by atoms with Gasteiger partial charge in [-0.2, -0.15) is 4.98 Å². The molecule has 0 unspecified atom stereocenters. The number of ether oxygens (including phenoxy) is 3. The van der Waals surface area contributed by atoms with E-state index in [1.54, 1.807) is 0 Å². The number of nitrogens with one attached hydrogen (secondary N) is 1. The summed E-state index contributed by atoms with van der Waals surface area (Å²) in [5.74, 6) is 1.13. The van der Waals surface area contributed by atoms with Gasteiger partial charge < -0.3 is 24.1 Å². The molecule has 1 aliphatic heterocycles. The van der Waals surface area contributed by atoms with Gasteiger partial charge >= 0.3 is 0 Å². The van der Waals surface area contributed by atoms with Crippen LogP contribution in [0.3, 0.4) is 0 Å². The van der Waals surface area contributed by atoms with Crippen molar-refractivity contribution in [1.82, 2.24) is 15.5 Å². The molecule has 35 heavy (non-hydrogen) atoms. The highest BCUT2D eigenvalue weighted by Gasteiger charge is 2.60. The monoisotopic (exact) mass is 501 g/mol. The van der Waals surface area contributed by atoms with Gasteiger partial charge in [0, 0.05) is 42.6 Å². The van der Waals surface area contributed by atoms with Gasteiger partial charge in [0.25, 0.3) is 0 Å². The number of halogens is 1. The molecule has 1 aromatic carbocycles. The fourth-order valence-electron chi connectivity index (χ4n) is 5.30. The lowest BCUT2D eigenvalue weighted by atomic mass is 9.74. The molecule has 2 aliphatic carbocycles. The molecule has 1 fully saturated rings. The lowest BCUT2D eigenvalue weighted by molar-refractivity contribution is -0.129. The van der Waals surface area contributed by atoms with Crippen LogP contribution in [0.1, 0.15) is 67.0 Å². The first-order chi connectivity index (χ1) is 16.9. The number of Topliss-reactive ketones (excluding diaryl/α,β-unsaturated/α-hetero) is 1. The van der Waals surface area contributed by atoms with Gasteiger partial charge in [0.05, 0.1) is 14.2 Å². The maximum atomic E-state index is 13.5. The van der Waals surface area contributed by atoms with Crippen molar-refractivity contribution in [3.8, 4) is 17.2 Å². The zero-order chi connectivity index (χ0) is 24.7. The minimum absolute atomic E-state index is 0.118. The van der Waals surface area contributed by atoms with Gasteiger partial charge in [0.15, 0.2) is 11.6 Å². The summed E-state index contributed by atoms with van der Waals surface area (Å²) in [4.78, 5) is 31.4. The molecule has 0 radical (unpaired) electrons. The molecule has 1 aromatic heterocycles. The predicted molar refractivity (Wildman–Crippen MR) is 126 cm³/mol. The maximum absolute atomic E-state index is 13.5. The van der Waals surface area contributed by atoms with Crippen LogP contribution in [0.2, 0.25) is 5.02 Å². The number of aromatic nitrogens is 2. The van der Waals surface area contributed by atoms with Crippen LogP contribution in [0.5, 0.6) is 17.2 Å². The van der Waals surface area contributed by atoms with Gasteiger partial charge in [-0.25, -0.2) is 0 Å². The van der Waals surface area contributed by atoms with Crippen LogP contribution >= 0.6 is 11.6 Å². The number of hydrogen-bond donors (Lipinski definition) is 1. The first kappa shape index (κ1) is 23.7. The van der Waals surface area contributed by atoms with E-state index >= 15 is 0 Å². The Hall–Kier alpha value is -3.07. The quantitative estimate of drug-likeness (QED) is 0.561. The van der Waals surface area contributed by atoms with Crippen molar-refractivity contribution in [3.05, 3.63) is 40.1 Å². The van der Waals surface area contributed by atoms with E-state index < -0.39 is 23.1 Å². The third-order valence-corrected chi connectivity index (χ3v) is 7.56. The summed E-state index contributed by atoms with van der Waals surface area (Å²) < 4.78 is 22.1. The molecule has 10 heteroatoms. The van der Waals surface area contributed by atoms with Gasteiger partial charge in [-0.05, 0) is 19.3 Å². The number of ketones is 2. The van der Waals surface area contributed by atoms with Crippen molar-refractivity contribution < 1.29 is 28.3 Å². The number of allylic oxidation sites excluding steroid dienone is 1. The molecule has 186 valence electrons. The first-order valence-corrected chi connectivity index (χ1v) is 12.3. The Balaban J connectivity index is 1.30.